The van der Waals surface area contributed by atoms with Gasteiger partial charge in [-0.25, -0.2) is 4.57 Å². The number of ether oxygens (including phenoxy) is 2. The molecule has 0 N–H and O–H groups in total. The van der Waals surface area contributed by atoms with Crippen LogP contribution in [0, 0.1) is 0 Å². The minimum absolute atomic E-state index is 0.151. The molecule has 0 bridgehead atoms. The standard InChI is InChI=1S/C37H59N2O4/c1-7-8-9-10-11-12-13-14-15-16-17-18-19-22-27-42-35-25-24-33(28-34(35)37(3,4)5)43-30-36(41)39(31(2)40)29-32-23-20-21-26-38(32)6/h20-21,23-26,28H,7-19,22,27,29-30H2,1-6H3/q+1. The topological polar surface area (TPSA) is 59.7 Å². The maximum absolute atomic E-state index is 12.9. The summed E-state index contributed by atoms with van der Waals surface area (Å²) < 4.78 is 14.0. The van der Waals surface area contributed by atoms with E-state index in [-0.39, 0.29) is 30.4 Å². The maximum Gasteiger partial charge on any atom is 0.267 e. The van der Waals surface area contributed by atoms with Crippen molar-refractivity contribution in [2.45, 2.75) is 136 Å². The monoisotopic (exact) mass is 595 g/mol. The predicted octanol–water partition coefficient (Wildman–Crippen LogP) is 8.62. The van der Waals surface area contributed by atoms with E-state index in [0.717, 1.165) is 23.4 Å². The smallest absolute Gasteiger partial charge is 0.267 e. The second-order valence-corrected chi connectivity index (χ2v) is 12.9. The number of nitrogens with zero attached hydrogens (tertiary/aromatic N) is 2. The Morgan fingerprint density at radius 3 is 1.91 bits per heavy atom. The number of hydrogen-bond acceptors (Lipinski definition) is 4. The summed E-state index contributed by atoms with van der Waals surface area (Å²) in [7, 11) is 1.89. The highest BCUT2D eigenvalue weighted by atomic mass is 16.5. The Balaban J connectivity index is 1.74. The number of imide groups is 1. The molecule has 2 rings (SSSR count). The summed E-state index contributed by atoms with van der Waals surface area (Å²) in [5, 5.41) is 0. The van der Waals surface area contributed by atoms with Crippen LogP contribution in [-0.2, 0) is 28.6 Å². The molecule has 0 radical (unpaired) electrons. The molecule has 1 aromatic carbocycles. The van der Waals surface area contributed by atoms with Crippen LogP contribution < -0.4 is 14.0 Å². The number of carbonyl (C=O) groups is 2. The number of aryl methyl sites for hydroxylation is 1. The second kappa shape index (κ2) is 20.1. The van der Waals surface area contributed by atoms with Gasteiger partial charge in [-0.05, 0) is 30.0 Å². The molecule has 6 nitrogen and oxygen atoms in total. The Labute approximate surface area is 262 Å². The number of unbranched alkanes of at least 4 members (excludes halogenated alkanes) is 13. The van der Waals surface area contributed by atoms with Crippen LogP contribution in [0.4, 0.5) is 0 Å². The molecular formula is C37H59N2O4+. The molecule has 0 saturated heterocycles. The number of rotatable bonds is 21. The fourth-order valence-electron chi connectivity index (χ4n) is 5.27. The van der Waals surface area contributed by atoms with Crippen molar-refractivity contribution in [3.05, 3.63) is 53.9 Å². The highest BCUT2D eigenvalue weighted by molar-refractivity contribution is 5.94. The van der Waals surface area contributed by atoms with E-state index in [0.29, 0.717) is 12.4 Å². The molecule has 2 aromatic rings. The van der Waals surface area contributed by atoms with Crippen LogP contribution in [-0.4, -0.2) is 29.9 Å². The minimum atomic E-state index is -0.369. The summed E-state index contributed by atoms with van der Waals surface area (Å²) in [5.41, 5.74) is 1.76. The highest BCUT2D eigenvalue weighted by Gasteiger charge is 2.24. The van der Waals surface area contributed by atoms with Gasteiger partial charge in [-0.15, -0.1) is 0 Å². The van der Waals surface area contributed by atoms with Crippen molar-refractivity contribution in [1.82, 2.24) is 4.90 Å². The fraction of sp³-hybridized carbons (Fsp3) is 0.649. The maximum atomic E-state index is 12.9. The lowest BCUT2D eigenvalue weighted by Crippen LogP contribution is -2.42. The molecule has 0 atom stereocenters. The number of pyridine rings is 1. The number of aromatic nitrogens is 1. The molecule has 1 aromatic heterocycles. The van der Waals surface area contributed by atoms with Gasteiger partial charge in [0.2, 0.25) is 11.6 Å². The molecule has 43 heavy (non-hydrogen) atoms. The van der Waals surface area contributed by atoms with E-state index in [4.69, 9.17) is 9.47 Å². The molecule has 0 fully saturated rings. The lowest BCUT2D eigenvalue weighted by molar-refractivity contribution is -0.679. The van der Waals surface area contributed by atoms with E-state index in [9.17, 15) is 9.59 Å². The van der Waals surface area contributed by atoms with Crippen LogP contribution >= 0.6 is 0 Å². The Bertz CT molecular complexity index is 1090. The van der Waals surface area contributed by atoms with Crippen LogP contribution in [0.2, 0.25) is 0 Å². The number of benzene rings is 1. The van der Waals surface area contributed by atoms with Crippen LogP contribution in [0.1, 0.15) is 136 Å². The average molecular weight is 596 g/mol. The molecule has 0 aliphatic rings. The van der Waals surface area contributed by atoms with Gasteiger partial charge in [0, 0.05) is 24.6 Å². The first kappa shape index (κ1) is 36.3. The normalized spacial score (nSPS) is 11.4. The summed E-state index contributed by atoms with van der Waals surface area (Å²) >= 11 is 0. The zero-order chi connectivity index (χ0) is 31.5. The Kier molecular flexibility index (Phi) is 17.0. The predicted molar refractivity (Wildman–Crippen MR) is 175 cm³/mol. The fourth-order valence-corrected chi connectivity index (χ4v) is 5.27. The van der Waals surface area contributed by atoms with Gasteiger partial charge < -0.3 is 9.47 Å². The van der Waals surface area contributed by atoms with Crippen molar-refractivity contribution in [3.8, 4) is 11.5 Å². The lowest BCUT2D eigenvalue weighted by Gasteiger charge is -2.24. The number of carbonyl (C=O) groups excluding carboxylic acids is 2. The Morgan fingerprint density at radius 2 is 1.37 bits per heavy atom. The van der Waals surface area contributed by atoms with Gasteiger partial charge in [-0.1, -0.05) is 117 Å². The van der Waals surface area contributed by atoms with Gasteiger partial charge in [-0.2, -0.15) is 0 Å². The van der Waals surface area contributed by atoms with Crippen LogP contribution in [0.3, 0.4) is 0 Å². The molecular weight excluding hydrogens is 536 g/mol. The largest absolute Gasteiger partial charge is 0.493 e. The zero-order valence-corrected chi connectivity index (χ0v) is 28.1. The van der Waals surface area contributed by atoms with E-state index in [2.05, 4.69) is 27.7 Å². The van der Waals surface area contributed by atoms with Crippen molar-refractivity contribution in [2.75, 3.05) is 13.2 Å². The Morgan fingerprint density at radius 1 is 0.791 bits per heavy atom. The highest BCUT2D eigenvalue weighted by Crippen LogP contribution is 2.34. The van der Waals surface area contributed by atoms with Gasteiger partial charge in [0.15, 0.2) is 12.8 Å². The molecule has 0 unspecified atom stereocenters. The third kappa shape index (κ3) is 14.4. The quantitative estimate of drug-likeness (QED) is 0.107. The summed E-state index contributed by atoms with van der Waals surface area (Å²) in [6.07, 6.45) is 20.6. The first-order valence-corrected chi connectivity index (χ1v) is 16.8. The molecule has 240 valence electrons. The van der Waals surface area contributed by atoms with E-state index >= 15 is 0 Å². The minimum Gasteiger partial charge on any atom is -0.493 e. The number of hydrogen-bond donors (Lipinski definition) is 0. The van der Waals surface area contributed by atoms with E-state index < -0.39 is 0 Å². The molecule has 0 saturated carbocycles. The molecule has 0 aliphatic heterocycles. The van der Waals surface area contributed by atoms with Gasteiger partial charge in [0.05, 0.1) is 6.61 Å². The van der Waals surface area contributed by atoms with Crippen molar-refractivity contribution in [1.29, 1.82) is 0 Å². The van der Waals surface area contributed by atoms with E-state index in [1.54, 1.807) is 0 Å². The molecule has 0 spiro atoms. The summed E-state index contributed by atoms with van der Waals surface area (Å²) in [4.78, 5) is 26.4. The summed E-state index contributed by atoms with van der Waals surface area (Å²) in [6, 6.07) is 11.5. The number of amides is 2. The molecule has 0 aliphatic carbocycles. The van der Waals surface area contributed by atoms with Gasteiger partial charge >= 0.3 is 0 Å². The third-order valence-electron chi connectivity index (χ3n) is 8.04. The van der Waals surface area contributed by atoms with Gasteiger partial charge in [0.1, 0.15) is 25.1 Å². The van der Waals surface area contributed by atoms with Crippen molar-refractivity contribution in [3.63, 3.8) is 0 Å². The van der Waals surface area contributed by atoms with E-state index in [1.807, 2.05) is 54.2 Å². The summed E-state index contributed by atoms with van der Waals surface area (Å²) in [6.45, 7) is 10.8. The van der Waals surface area contributed by atoms with Crippen molar-refractivity contribution >= 4 is 11.8 Å². The second-order valence-electron chi connectivity index (χ2n) is 12.9. The summed E-state index contributed by atoms with van der Waals surface area (Å²) in [5.74, 6) is 0.783. The van der Waals surface area contributed by atoms with Gasteiger partial charge in [-0.3, -0.25) is 14.5 Å². The van der Waals surface area contributed by atoms with E-state index in [1.165, 1.54) is 95.3 Å². The zero-order valence-electron chi connectivity index (χ0n) is 28.1. The lowest BCUT2D eigenvalue weighted by atomic mass is 9.86. The first-order valence-electron chi connectivity index (χ1n) is 16.8. The molecule has 2 amide bonds. The van der Waals surface area contributed by atoms with Crippen LogP contribution in [0.25, 0.3) is 0 Å². The molecule has 1 heterocycles. The third-order valence-corrected chi connectivity index (χ3v) is 8.04. The van der Waals surface area contributed by atoms with Crippen molar-refractivity contribution in [2.24, 2.45) is 7.05 Å². The first-order chi connectivity index (χ1) is 20.6. The average Bonchev–Trinajstić information content (AvgIpc) is 2.97. The van der Waals surface area contributed by atoms with Crippen LogP contribution in [0.5, 0.6) is 11.5 Å². The Hall–Kier alpha value is -2.89. The van der Waals surface area contributed by atoms with Gasteiger partial charge in [0.25, 0.3) is 5.91 Å². The molecule has 6 heteroatoms. The van der Waals surface area contributed by atoms with Crippen LogP contribution in [0.15, 0.2) is 42.6 Å². The van der Waals surface area contributed by atoms with Crippen molar-refractivity contribution < 1.29 is 23.6 Å². The SMILES string of the molecule is CCCCCCCCCCCCCCCCOc1ccc(OCC(=O)N(Cc2cccc[n+]2C)C(C)=O)cc1C(C)(C)C.